The highest BCUT2D eigenvalue weighted by Gasteiger charge is 2.30. The summed E-state index contributed by atoms with van der Waals surface area (Å²) in [7, 11) is 2.14. The summed E-state index contributed by atoms with van der Waals surface area (Å²) in [6, 6.07) is 0. The zero-order valence-corrected chi connectivity index (χ0v) is 14.0. The van der Waals surface area contributed by atoms with E-state index < -0.39 is 10.0 Å². The molecule has 0 aromatic rings. The Kier molecular flexibility index (Phi) is 7.58. The van der Waals surface area contributed by atoms with E-state index >= 15 is 0 Å². The maximum atomic E-state index is 12.0. The van der Waals surface area contributed by atoms with Gasteiger partial charge in [-0.3, -0.25) is 4.79 Å². The molecule has 1 aliphatic rings. The first-order chi connectivity index (χ1) is 9.86. The van der Waals surface area contributed by atoms with Crippen LogP contribution in [0.25, 0.3) is 0 Å². The van der Waals surface area contributed by atoms with E-state index in [4.69, 9.17) is 4.74 Å². The number of carbonyl (C=O) groups is 1. The third kappa shape index (κ3) is 6.29. The fourth-order valence-corrected chi connectivity index (χ4v) is 3.66. The molecule has 1 saturated heterocycles. The fourth-order valence-electron chi connectivity index (χ4n) is 2.26. The maximum absolute atomic E-state index is 12.0. The summed E-state index contributed by atoms with van der Waals surface area (Å²) in [6.45, 7) is 2.46. The Hall–Kier alpha value is -0.700. The number of amides is 1. The second-order valence-electron chi connectivity index (χ2n) is 5.58. The Morgan fingerprint density at radius 3 is 2.48 bits per heavy atom. The standard InChI is InChI=1S/C13H27N3O4S/c1-15(2)9-6-14-13(17)12-4-7-16(8-5-12)21(18,19)11-10-20-3/h12H,4-11H2,1-3H3,(H,14,17). The second kappa shape index (κ2) is 8.67. The highest BCUT2D eigenvalue weighted by Crippen LogP contribution is 2.20. The molecule has 21 heavy (non-hydrogen) atoms. The van der Waals surface area contributed by atoms with Crippen molar-refractivity contribution in [1.82, 2.24) is 14.5 Å². The van der Waals surface area contributed by atoms with Crippen molar-refractivity contribution in [2.45, 2.75) is 12.8 Å². The highest BCUT2D eigenvalue weighted by atomic mass is 32.2. The van der Waals surface area contributed by atoms with E-state index in [9.17, 15) is 13.2 Å². The molecule has 0 atom stereocenters. The zero-order chi connectivity index (χ0) is 15.9. The van der Waals surface area contributed by atoms with Crippen LogP contribution in [0.2, 0.25) is 0 Å². The van der Waals surface area contributed by atoms with Crippen LogP contribution < -0.4 is 5.32 Å². The summed E-state index contributed by atoms with van der Waals surface area (Å²) >= 11 is 0. The van der Waals surface area contributed by atoms with Crippen LogP contribution in [-0.2, 0) is 19.6 Å². The van der Waals surface area contributed by atoms with E-state index in [-0.39, 0.29) is 24.2 Å². The molecule has 1 N–H and O–H groups in total. The normalized spacial score (nSPS) is 18.1. The Bertz CT molecular complexity index is 417. The first-order valence-corrected chi connectivity index (χ1v) is 8.87. The van der Waals surface area contributed by atoms with Gasteiger partial charge in [0.05, 0.1) is 12.4 Å². The maximum Gasteiger partial charge on any atom is 0.223 e. The van der Waals surface area contributed by atoms with Crippen molar-refractivity contribution < 1.29 is 17.9 Å². The van der Waals surface area contributed by atoms with Crippen molar-refractivity contribution in [2.75, 3.05) is 59.7 Å². The lowest BCUT2D eigenvalue weighted by molar-refractivity contribution is -0.126. The van der Waals surface area contributed by atoms with Gasteiger partial charge in [-0.05, 0) is 26.9 Å². The van der Waals surface area contributed by atoms with Crippen LogP contribution in [0.4, 0.5) is 0 Å². The molecule has 0 radical (unpaired) electrons. The molecule has 0 spiro atoms. The molecular weight excluding hydrogens is 294 g/mol. The van der Waals surface area contributed by atoms with E-state index in [1.54, 1.807) is 0 Å². The highest BCUT2D eigenvalue weighted by molar-refractivity contribution is 7.89. The fraction of sp³-hybridized carbons (Fsp3) is 0.923. The van der Waals surface area contributed by atoms with Crippen molar-refractivity contribution in [3.8, 4) is 0 Å². The molecule has 124 valence electrons. The third-order valence-electron chi connectivity index (χ3n) is 3.62. The summed E-state index contributed by atoms with van der Waals surface area (Å²) in [5.74, 6) is -0.0461. The van der Waals surface area contributed by atoms with Crippen LogP contribution in [0.5, 0.6) is 0 Å². The molecule has 0 bridgehead atoms. The van der Waals surface area contributed by atoms with Crippen LogP contribution in [0, 0.1) is 5.92 Å². The van der Waals surface area contributed by atoms with Gasteiger partial charge in [-0.25, -0.2) is 12.7 Å². The van der Waals surface area contributed by atoms with Crippen LogP contribution in [0.15, 0.2) is 0 Å². The third-order valence-corrected chi connectivity index (χ3v) is 5.46. The monoisotopic (exact) mass is 321 g/mol. The number of likely N-dealkylation sites (N-methyl/N-ethyl adjacent to an activating group) is 1. The van der Waals surface area contributed by atoms with Gasteiger partial charge >= 0.3 is 0 Å². The molecule has 1 heterocycles. The van der Waals surface area contributed by atoms with Crippen LogP contribution in [-0.4, -0.2) is 83.3 Å². The van der Waals surface area contributed by atoms with Gasteiger partial charge in [0.15, 0.2) is 0 Å². The summed E-state index contributed by atoms with van der Waals surface area (Å²) < 4.78 is 30.3. The van der Waals surface area contributed by atoms with Crippen molar-refractivity contribution in [3.05, 3.63) is 0 Å². The van der Waals surface area contributed by atoms with E-state index in [0.717, 1.165) is 6.54 Å². The smallest absolute Gasteiger partial charge is 0.223 e. The molecular formula is C13H27N3O4S. The number of sulfonamides is 1. The Balaban J connectivity index is 2.36. The summed E-state index contributed by atoms with van der Waals surface area (Å²) in [5.41, 5.74) is 0. The molecule has 0 aliphatic carbocycles. The Morgan fingerprint density at radius 2 is 1.95 bits per heavy atom. The summed E-state index contributed by atoms with van der Waals surface area (Å²) in [6.07, 6.45) is 1.17. The number of methoxy groups -OCH3 is 1. The lowest BCUT2D eigenvalue weighted by Gasteiger charge is -2.30. The number of ether oxygens (including phenoxy) is 1. The predicted octanol–water partition coefficient (Wildman–Crippen LogP) is -0.648. The van der Waals surface area contributed by atoms with E-state index in [2.05, 4.69) is 5.32 Å². The average Bonchev–Trinajstić information content (AvgIpc) is 2.45. The topological polar surface area (TPSA) is 79.0 Å². The van der Waals surface area contributed by atoms with E-state index in [1.165, 1.54) is 11.4 Å². The molecule has 0 unspecified atom stereocenters. The Labute approximate surface area is 127 Å². The minimum absolute atomic E-state index is 0.00317. The van der Waals surface area contributed by atoms with Crippen molar-refractivity contribution in [1.29, 1.82) is 0 Å². The first kappa shape index (κ1) is 18.3. The van der Waals surface area contributed by atoms with Crippen molar-refractivity contribution >= 4 is 15.9 Å². The quantitative estimate of drug-likeness (QED) is 0.643. The molecule has 1 fully saturated rings. The van der Waals surface area contributed by atoms with Gasteiger partial charge in [0, 0.05) is 39.2 Å². The van der Waals surface area contributed by atoms with Crippen molar-refractivity contribution in [2.24, 2.45) is 5.92 Å². The number of nitrogens with one attached hydrogen (secondary N) is 1. The molecule has 1 amide bonds. The van der Waals surface area contributed by atoms with E-state index in [1.807, 2.05) is 19.0 Å². The van der Waals surface area contributed by atoms with Gasteiger partial charge in [0.1, 0.15) is 0 Å². The molecule has 1 aliphatic heterocycles. The van der Waals surface area contributed by atoms with Crippen LogP contribution in [0.3, 0.4) is 0 Å². The minimum Gasteiger partial charge on any atom is -0.384 e. The molecule has 8 heteroatoms. The van der Waals surface area contributed by atoms with Crippen LogP contribution >= 0.6 is 0 Å². The average molecular weight is 321 g/mol. The lowest BCUT2D eigenvalue weighted by atomic mass is 9.97. The van der Waals surface area contributed by atoms with Gasteiger partial charge in [0.2, 0.25) is 15.9 Å². The largest absolute Gasteiger partial charge is 0.384 e. The van der Waals surface area contributed by atoms with Gasteiger partial charge in [-0.1, -0.05) is 0 Å². The Morgan fingerprint density at radius 1 is 1.33 bits per heavy atom. The van der Waals surface area contributed by atoms with E-state index in [0.29, 0.717) is 32.5 Å². The van der Waals surface area contributed by atoms with Gasteiger partial charge in [0.25, 0.3) is 0 Å². The summed E-state index contributed by atoms with van der Waals surface area (Å²) in [5, 5.41) is 2.90. The van der Waals surface area contributed by atoms with Gasteiger partial charge in [-0.15, -0.1) is 0 Å². The van der Waals surface area contributed by atoms with Crippen LogP contribution in [0.1, 0.15) is 12.8 Å². The number of hydrogen-bond donors (Lipinski definition) is 1. The van der Waals surface area contributed by atoms with Crippen molar-refractivity contribution in [3.63, 3.8) is 0 Å². The first-order valence-electron chi connectivity index (χ1n) is 7.26. The molecule has 0 aromatic heterocycles. The molecule has 7 nitrogen and oxygen atoms in total. The number of carbonyl (C=O) groups excluding carboxylic acids is 1. The summed E-state index contributed by atoms with van der Waals surface area (Å²) in [4.78, 5) is 14.0. The predicted molar refractivity (Wildman–Crippen MR) is 81.5 cm³/mol. The van der Waals surface area contributed by atoms with Gasteiger partial charge < -0.3 is 15.0 Å². The molecule has 0 saturated carbocycles. The number of nitrogens with zero attached hydrogens (tertiary/aromatic N) is 2. The van der Waals surface area contributed by atoms with Gasteiger partial charge in [-0.2, -0.15) is 0 Å². The number of hydrogen-bond acceptors (Lipinski definition) is 5. The molecule has 1 rings (SSSR count). The number of rotatable bonds is 8. The SMILES string of the molecule is COCCS(=O)(=O)N1CCC(C(=O)NCCN(C)C)CC1. The minimum atomic E-state index is -3.25. The zero-order valence-electron chi connectivity index (χ0n) is 13.2. The lowest BCUT2D eigenvalue weighted by Crippen LogP contribution is -2.44. The molecule has 0 aromatic carbocycles. The second-order valence-corrected chi connectivity index (χ2v) is 7.66. The number of piperidine rings is 1.